The lowest BCUT2D eigenvalue weighted by Crippen LogP contribution is -2.54. The van der Waals surface area contributed by atoms with Gasteiger partial charge in [0, 0.05) is 56.5 Å². The Morgan fingerprint density at radius 2 is 2.07 bits per heavy atom. The molecule has 0 unspecified atom stereocenters. The number of ether oxygens (including phenoxy) is 1. The van der Waals surface area contributed by atoms with Crippen LogP contribution in [0.1, 0.15) is 36.0 Å². The van der Waals surface area contributed by atoms with E-state index in [1.165, 1.54) is 36.9 Å². The molecule has 4 heterocycles. The van der Waals surface area contributed by atoms with Crippen LogP contribution in [0.4, 0.5) is 0 Å². The largest absolute Gasteiger partial charge is 0.380 e. The first-order chi connectivity index (χ1) is 13.2. The second-order valence-corrected chi connectivity index (χ2v) is 8.66. The molecule has 2 saturated heterocycles. The van der Waals surface area contributed by atoms with Crippen LogP contribution < -0.4 is 0 Å². The van der Waals surface area contributed by atoms with Crippen LogP contribution in [0.25, 0.3) is 0 Å². The fraction of sp³-hybridized carbons (Fsp3) is 0.591. The fourth-order valence-corrected chi connectivity index (χ4v) is 5.37. The number of fused-ring (bicyclic) bond motifs is 2. The molecule has 2 fully saturated rings. The van der Waals surface area contributed by atoms with Crippen LogP contribution in [0, 0.1) is 0 Å². The van der Waals surface area contributed by atoms with Gasteiger partial charge in [0.2, 0.25) is 0 Å². The molecule has 27 heavy (non-hydrogen) atoms. The van der Waals surface area contributed by atoms with Crippen molar-refractivity contribution in [2.24, 2.45) is 7.05 Å². The maximum atomic E-state index is 5.70. The minimum atomic E-state index is 0.308. The first-order valence-corrected chi connectivity index (χ1v) is 10.3. The van der Waals surface area contributed by atoms with Crippen LogP contribution in [0.15, 0.2) is 36.7 Å². The van der Waals surface area contributed by atoms with Gasteiger partial charge < -0.3 is 4.74 Å². The average molecular weight is 367 g/mol. The van der Waals surface area contributed by atoms with Gasteiger partial charge in [-0.2, -0.15) is 5.10 Å². The SMILES string of the molecule is Cn1cc(CN2CCC3(CC2)CN([C@@H]2CCOC2)Cc2ccccc23)cn1. The first-order valence-electron chi connectivity index (χ1n) is 10.3. The van der Waals surface area contributed by atoms with Gasteiger partial charge in [-0.1, -0.05) is 24.3 Å². The molecular weight excluding hydrogens is 336 g/mol. The Morgan fingerprint density at radius 3 is 2.81 bits per heavy atom. The second kappa shape index (κ2) is 7.04. The topological polar surface area (TPSA) is 33.5 Å². The standard InChI is InChI=1S/C22H30N4O/c1-24-13-18(12-23-24)14-25-9-7-22(8-10-25)17-26(20-6-11-27-16-20)15-19-4-2-3-5-21(19)22/h2-5,12-13,20H,6-11,14-17H2,1H3/t20-/m1/s1. The number of hydrogen-bond donors (Lipinski definition) is 0. The van der Waals surface area contributed by atoms with Gasteiger partial charge in [0.05, 0.1) is 12.8 Å². The lowest BCUT2D eigenvalue weighted by molar-refractivity contribution is 0.0639. The normalized spacial score (nSPS) is 25.7. The van der Waals surface area contributed by atoms with Gasteiger partial charge in [0.25, 0.3) is 0 Å². The van der Waals surface area contributed by atoms with Gasteiger partial charge in [-0.25, -0.2) is 0 Å². The monoisotopic (exact) mass is 366 g/mol. The van der Waals surface area contributed by atoms with Gasteiger partial charge in [0.15, 0.2) is 0 Å². The fourth-order valence-electron chi connectivity index (χ4n) is 5.37. The highest BCUT2D eigenvalue weighted by atomic mass is 16.5. The van der Waals surface area contributed by atoms with Crippen molar-refractivity contribution in [1.82, 2.24) is 19.6 Å². The zero-order valence-corrected chi connectivity index (χ0v) is 16.3. The number of likely N-dealkylation sites (tertiary alicyclic amines) is 1. The van der Waals surface area contributed by atoms with Gasteiger partial charge in [0.1, 0.15) is 0 Å². The van der Waals surface area contributed by atoms with Crippen molar-refractivity contribution >= 4 is 0 Å². The third-order valence-electron chi connectivity index (χ3n) is 6.87. The molecular formula is C22H30N4O. The summed E-state index contributed by atoms with van der Waals surface area (Å²) in [5.41, 5.74) is 4.78. The van der Waals surface area contributed by atoms with Crippen molar-refractivity contribution in [3.05, 3.63) is 53.3 Å². The quantitative estimate of drug-likeness (QED) is 0.836. The van der Waals surface area contributed by atoms with E-state index < -0.39 is 0 Å². The summed E-state index contributed by atoms with van der Waals surface area (Å²) in [4.78, 5) is 5.31. The smallest absolute Gasteiger partial charge is 0.0622 e. The molecule has 0 aliphatic carbocycles. The molecule has 144 valence electrons. The van der Waals surface area contributed by atoms with Crippen LogP contribution in [-0.4, -0.2) is 58.5 Å². The average Bonchev–Trinajstić information content (AvgIpc) is 3.36. The Kier molecular flexibility index (Phi) is 4.54. The van der Waals surface area contributed by atoms with Crippen molar-refractivity contribution < 1.29 is 4.74 Å². The zero-order chi connectivity index (χ0) is 18.3. The van der Waals surface area contributed by atoms with Crippen molar-refractivity contribution in [2.75, 3.05) is 32.8 Å². The highest BCUT2D eigenvalue weighted by Crippen LogP contribution is 2.43. The molecule has 1 spiro atoms. The minimum Gasteiger partial charge on any atom is -0.380 e. The van der Waals surface area contributed by atoms with E-state index in [4.69, 9.17) is 4.74 Å². The molecule has 5 rings (SSSR count). The maximum Gasteiger partial charge on any atom is 0.0622 e. The van der Waals surface area contributed by atoms with Gasteiger partial charge in [-0.05, 0) is 43.5 Å². The summed E-state index contributed by atoms with van der Waals surface area (Å²) >= 11 is 0. The highest BCUT2D eigenvalue weighted by molar-refractivity contribution is 5.38. The van der Waals surface area contributed by atoms with Crippen LogP contribution in [0.2, 0.25) is 0 Å². The minimum absolute atomic E-state index is 0.308. The molecule has 5 heteroatoms. The summed E-state index contributed by atoms with van der Waals surface area (Å²) in [5, 5.41) is 4.32. The molecule has 3 aliphatic heterocycles. The van der Waals surface area contributed by atoms with Crippen LogP contribution in [-0.2, 0) is 30.3 Å². The molecule has 5 nitrogen and oxygen atoms in total. The molecule has 1 aromatic heterocycles. The van der Waals surface area contributed by atoms with E-state index in [0.717, 1.165) is 39.4 Å². The number of rotatable bonds is 3. The third kappa shape index (κ3) is 3.33. The second-order valence-electron chi connectivity index (χ2n) is 8.66. The van der Waals surface area contributed by atoms with Crippen molar-refractivity contribution in [1.29, 1.82) is 0 Å². The Hall–Kier alpha value is -1.69. The highest BCUT2D eigenvalue weighted by Gasteiger charge is 2.43. The van der Waals surface area contributed by atoms with E-state index >= 15 is 0 Å². The Morgan fingerprint density at radius 1 is 1.22 bits per heavy atom. The zero-order valence-electron chi connectivity index (χ0n) is 16.3. The molecule has 0 N–H and O–H groups in total. The third-order valence-corrected chi connectivity index (χ3v) is 6.87. The van der Waals surface area contributed by atoms with Gasteiger partial charge in [-0.3, -0.25) is 14.5 Å². The summed E-state index contributed by atoms with van der Waals surface area (Å²) in [6.07, 6.45) is 7.82. The van der Waals surface area contributed by atoms with E-state index in [2.05, 4.69) is 45.4 Å². The van der Waals surface area contributed by atoms with Gasteiger partial charge >= 0.3 is 0 Å². The van der Waals surface area contributed by atoms with Crippen molar-refractivity contribution in [2.45, 2.75) is 43.8 Å². The van der Waals surface area contributed by atoms with Gasteiger partial charge in [-0.15, -0.1) is 0 Å². The van der Waals surface area contributed by atoms with Crippen LogP contribution in [0.3, 0.4) is 0 Å². The molecule has 2 aromatic rings. The Bertz CT molecular complexity index is 787. The summed E-state index contributed by atoms with van der Waals surface area (Å²) in [6, 6.07) is 9.79. The van der Waals surface area contributed by atoms with Crippen LogP contribution >= 0.6 is 0 Å². The Balaban J connectivity index is 1.34. The molecule has 1 aromatic carbocycles. The Labute approximate surface area is 161 Å². The van der Waals surface area contributed by atoms with E-state index in [0.29, 0.717) is 11.5 Å². The summed E-state index contributed by atoms with van der Waals surface area (Å²) in [7, 11) is 2.00. The summed E-state index contributed by atoms with van der Waals surface area (Å²) < 4.78 is 7.60. The van der Waals surface area contributed by atoms with Crippen molar-refractivity contribution in [3.63, 3.8) is 0 Å². The summed E-state index contributed by atoms with van der Waals surface area (Å²) in [6.45, 7) is 7.46. The lowest BCUT2D eigenvalue weighted by atomic mass is 9.68. The molecule has 1 atom stereocenters. The molecule has 0 bridgehead atoms. The molecule has 0 saturated carbocycles. The number of benzene rings is 1. The van der Waals surface area contributed by atoms with Crippen LogP contribution in [0.5, 0.6) is 0 Å². The van der Waals surface area contributed by atoms with E-state index in [-0.39, 0.29) is 0 Å². The maximum absolute atomic E-state index is 5.70. The van der Waals surface area contributed by atoms with Crippen molar-refractivity contribution in [3.8, 4) is 0 Å². The predicted molar refractivity (Wildman–Crippen MR) is 105 cm³/mol. The number of nitrogens with zero attached hydrogens (tertiary/aromatic N) is 4. The number of aromatic nitrogens is 2. The molecule has 0 amide bonds. The molecule has 3 aliphatic rings. The predicted octanol–water partition coefficient (Wildman–Crippen LogP) is 2.56. The number of hydrogen-bond acceptors (Lipinski definition) is 4. The van der Waals surface area contributed by atoms with E-state index in [9.17, 15) is 0 Å². The molecule has 0 radical (unpaired) electrons. The number of aryl methyl sites for hydroxylation is 1. The van der Waals surface area contributed by atoms with E-state index in [1.54, 1.807) is 5.56 Å². The first kappa shape index (κ1) is 17.4. The number of piperidine rings is 1. The summed E-state index contributed by atoms with van der Waals surface area (Å²) in [5.74, 6) is 0. The lowest BCUT2D eigenvalue weighted by Gasteiger charge is -2.50. The van der Waals surface area contributed by atoms with E-state index in [1.807, 2.05) is 17.9 Å².